The van der Waals surface area contributed by atoms with Crippen LogP contribution in [0.25, 0.3) is 0 Å². The summed E-state index contributed by atoms with van der Waals surface area (Å²) in [7, 11) is -3.17. The SMILES string of the molecule is CS(=O)(=O)CCNC(=O)C(Cc1ccc(O)c(Br)c1)=NO. The number of aromatic hydroxyl groups is 1. The smallest absolute Gasteiger partial charge is 0.269 e. The van der Waals surface area contributed by atoms with Gasteiger partial charge in [-0.3, -0.25) is 4.79 Å². The maximum atomic E-state index is 11.8. The highest BCUT2D eigenvalue weighted by Crippen LogP contribution is 2.24. The third-order valence-corrected chi connectivity index (χ3v) is 4.11. The van der Waals surface area contributed by atoms with Gasteiger partial charge < -0.3 is 15.6 Å². The predicted octanol–water partition coefficient (Wildman–Crippen LogP) is 0.688. The van der Waals surface area contributed by atoms with Crippen molar-refractivity contribution in [3.8, 4) is 5.75 Å². The van der Waals surface area contributed by atoms with Crippen LogP contribution in [0.15, 0.2) is 27.8 Å². The summed E-state index contributed by atoms with van der Waals surface area (Å²) in [5.74, 6) is -0.786. The first-order valence-corrected chi connectivity index (χ1v) is 8.72. The van der Waals surface area contributed by atoms with Gasteiger partial charge >= 0.3 is 0 Å². The zero-order valence-electron chi connectivity index (χ0n) is 11.2. The molecule has 7 nitrogen and oxygen atoms in total. The number of phenols is 1. The lowest BCUT2D eigenvalue weighted by Gasteiger charge is -2.07. The van der Waals surface area contributed by atoms with Gasteiger partial charge in [0, 0.05) is 19.2 Å². The Balaban J connectivity index is 2.66. The number of nitrogens with one attached hydrogen (secondary N) is 1. The number of hydrogen-bond donors (Lipinski definition) is 3. The summed E-state index contributed by atoms with van der Waals surface area (Å²) < 4.78 is 22.4. The van der Waals surface area contributed by atoms with Crippen LogP contribution in [-0.4, -0.2) is 48.9 Å². The number of rotatable bonds is 6. The van der Waals surface area contributed by atoms with Crippen LogP contribution < -0.4 is 5.32 Å². The Morgan fingerprint density at radius 1 is 1.43 bits per heavy atom. The van der Waals surface area contributed by atoms with E-state index in [9.17, 15) is 18.3 Å². The highest BCUT2D eigenvalue weighted by Gasteiger charge is 2.14. The lowest BCUT2D eigenvalue weighted by atomic mass is 10.1. The largest absolute Gasteiger partial charge is 0.507 e. The molecule has 3 N–H and O–H groups in total. The fourth-order valence-electron chi connectivity index (χ4n) is 1.47. The van der Waals surface area contributed by atoms with Crippen LogP contribution in [0, 0.1) is 0 Å². The number of hydrogen-bond acceptors (Lipinski definition) is 6. The Morgan fingerprint density at radius 3 is 2.62 bits per heavy atom. The lowest BCUT2D eigenvalue weighted by Crippen LogP contribution is -2.35. The highest BCUT2D eigenvalue weighted by atomic mass is 79.9. The first-order chi connectivity index (χ1) is 9.73. The van der Waals surface area contributed by atoms with E-state index in [1.54, 1.807) is 12.1 Å². The van der Waals surface area contributed by atoms with Crippen molar-refractivity contribution in [2.75, 3.05) is 18.6 Å². The molecule has 0 atom stereocenters. The average Bonchev–Trinajstić information content (AvgIpc) is 2.38. The monoisotopic (exact) mass is 378 g/mol. The fourth-order valence-corrected chi connectivity index (χ4v) is 2.37. The summed E-state index contributed by atoms with van der Waals surface area (Å²) in [5, 5.41) is 23.6. The average molecular weight is 379 g/mol. The molecule has 1 rings (SSSR count). The quantitative estimate of drug-likeness (QED) is 0.382. The summed E-state index contributed by atoms with van der Waals surface area (Å²) in [5.41, 5.74) is 0.492. The molecule has 0 aliphatic carbocycles. The molecule has 9 heteroatoms. The number of carbonyl (C=O) groups excluding carboxylic acids is 1. The molecule has 0 unspecified atom stereocenters. The minimum atomic E-state index is -3.17. The molecule has 0 aliphatic heterocycles. The van der Waals surface area contributed by atoms with Crippen molar-refractivity contribution >= 4 is 37.4 Å². The Hall–Kier alpha value is -1.61. The van der Waals surface area contributed by atoms with Crippen LogP contribution in [0.3, 0.4) is 0 Å². The molecule has 0 aliphatic rings. The standard InChI is InChI=1S/C12H15BrN2O5S/c1-21(19,20)5-4-14-12(17)10(15-18)7-8-2-3-11(16)9(13)6-8/h2-3,6,16,18H,4-5,7H2,1H3,(H,14,17). The molecule has 0 saturated carbocycles. The van der Waals surface area contributed by atoms with E-state index >= 15 is 0 Å². The van der Waals surface area contributed by atoms with E-state index in [-0.39, 0.29) is 30.2 Å². The number of benzene rings is 1. The van der Waals surface area contributed by atoms with Crippen LogP contribution in [0.5, 0.6) is 5.75 Å². The maximum Gasteiger partial charge on any atom is 0.269 e. The minimum absolute atomic E-state index is 0.0418. The van der Waals surface area contributed by atoms with E-state index in [4.69, 9.17) is 5.21 Å². The lowest BCUT2D eigenvalue weighted by molar-refractivity contribution is -0.114. The van der Waals surface area contributed by atoms with E-state index < -0.39 is 15.7 Å². The number of carbonyl (C=O) groups is 1. The fraction of sp³-hybridized carbons (Fsp3) is 0.333. The molecule has 0 aromatic heterocycles. The van der Waals surface area contributed by atoms with Crippen molar-refractivity contribution in [3.05, 3.63) is 28.2 Å². The van der Waals surface area contributed by atoms with Gasteiger partial charge in [0.15, 0.2) is 0 Å². The van der Waals surface area contributed by atoms with Gasteiger partial charge in [-0.15, -0.1) is 0 Å². The molecule has 116 valence electrons. The third kappa shape index (κ3) is 6.13. The summed E-state index contributed by atoms with van der Waals surface area (Å²) in [4.78, 5) is 11.8. The van der Waals surface area contributed by atoms with Crippen molar-refractivity contribution in [1.82, 2.24) is 5.32 Å². The van der Waals surface area contributed by atoms with Crippen molar-refractivity contribution in [3.63, 3.8) is 0 Å². The van der Waals surface area contributed by atoms with Gasteiger partial charge in [-0.05, 0) is 33.6 Å². The van der Waals surface area contributed by atoms with Gasteiger partial charge in [0.1, 0.15) is 21.3 Å². The molecule has 0 radical (unpaired) electrons. The van der Waals surface area contributed by atoms with Crippen LogP contribution >= 0.6 is 15.9 Å². The molecule has 1 amide bonds. The number of oxime groups is 1. The van der Waals surface area contributed by atoms with Crippen molar-refractivity contribution in [1.29, 1.82) is 0 Å². The Bertz CT molecular complexity index is 658. The summed E-state index contributed by atoms with van der Waals surface area (Å²) in [6, 6.07) is 4.61. The van der Waals surface area contributed by atoms with Gasteiger partial charge in [0.2, 0.25) is 0 Å². The number of amides is 1. The molecule has 0 fully saturated rings. The Morgan fingerprint density at radius 2 is 2.10 bits per heavy atom. The Labute approximate surface area is 130 Å². The van der Waals surface area contributed by atoms with Crippen LogP contribution in [0.4, 0.5) is 0 Å². The second-order valence-corrected chi connectivity index (χ2v) is 7.51. The van der Waals surface area contributed by atoms with E-state index in [1.807, 2.05) is 0 Å². The zero-order valence-corrected chi connectivity index (χ0v) is 13.6. The summed E-state index contributed by atoms with van der Waals surface area (Å²) in [6.07, 6.45) is 1.11. The molecule has 0 saturated heterocycles. The van der Waals surface area contributed by atoms with Gasteiger partial charge in [-0.25, -0.2) is 8.42 Å². The number of nitrogens with zero attached hydrogens (tertiary/aromatic N) is 1. The van der Waals surface area contributed by atoms with Gasteiger partial charge in [-0.1, -0.05) is 11.2 Å². The van der Waals surface area contributed by atoms with Gasteiger partial charge in [0.25, 0.3) is 5.91 Å². The summed E-state index contributed by atoms with van der Waals surface area (Å²) >= 11 is 3.14. The van der Waals surface area contributed by atoms with Crippen molar-refractivity contribution < 1.29 is 23.5 Å². The second-order valence-electron chi connectivity index (χ2n) is 4.40. The van der Waals surface area contributed by atoms with Gasteiger partial charge in [0.05, 0.1) is 10.2 Å². The molecule has 0 heterocycles. The van der Waals surface area contributed by atoms with E-state index in [1.165, 1.54) is 6.07 Å². The predicted molar refractivity (Wildman–Crippen MR) is 81.5 cm³/mol. The minimum Gasteiger partial charge on any atom is -0.507 e. The maximum absolute atomic E-state index is 11.8. The molecule has 0 spiro atoms. The zero-order chi connectivity index (χ0) is 16.0. The molecule has 1 aromatic rings. The number of halogens is 1. The van der Waals surface area contributed by atoms with Crippen LogP contribution in [0.1, 0.15) is 5.56 Å². The molecule has 1 aromatic carbocycles. The third-order valence-electron chi connectivity index (χ3n) is 2.52. The van der Waals surface area contributed by atoms with E-state index in [0.29, 0.717) is 10.0 Å². The van der Waals surface area contributed by atoms with E-state index in [2.05, 4.69) is 26.4 Å². The number of sulfone groups is 1. The van der Waals surface area contributed by atoms with Crippen LogP contribution in [0.2, 0.25) is 0 Å². The van der Waals surface area contributed by atoms with E-state index in [0.717, 1.165) is 6.26 Å². The number of phenolic OH excluding ortho intramolecular Hbond substituents is 1. The molecule has 0 bridgehead atoms. The van der Waals surface area contributed by atoms with Crippen molar-refractivity contribution in [2.45, 2.75) is 6.42 Å². The van der Waals surface area contributed by atoms with Crippen molar-refractivity contribution in [2.24, 2.45) is 5.16 Å². The first kappa shape index (κ1) is 17.4. The first-order valence-electron chi connectivity index (χ1n) is 5.87. The molecule has 21 heavy (non-hydrogen) atoms. The van der Waals surface area contributed by atoms with Gasteiger partial charge in [-0.2, -0.15) is 0 Å². The highest BCUT2D eigenvalue weighted by molar-refractivity contribution is 9.10. The normalized spacial score (nSPS) is 12.2. The van der Waals surface area contributed by atoms with Crippen LogP contribution in [-0.2, 0) is 21.1 Å². The molecular weight excluding hydrogens is 364 g/mol. The molecular formula is C12H15BrN2O5S. The Kier molecular flexibility index (Phi) is 6.16. The summed E-state index contributed by atoms with van der Waals surface area (Å²) in [6.45, 7) is -0.0596. The topological polar surface area (TPSA) is 116 Å². The second kappa shape index (κ2) is 7.41.